The molecule has 1 saturated carbocycles. The summed E-state index contributed by atoms with van der Waals surface area (Å²) < 4.78 is 14.7. The fourth-order valence-corrected chi connectivity index (χ4v) is 4.96. The molecule has 1 heterocycles. The van der Waals surface area contributed by atoms with Gasteiger partial charge in [0.15, 0.2) is 0 Å². The molecule has 1 aliphatic carbocycles. The van der Waals surface area contributed by atoms with E-state index in [1.165, 1.54) is 23.5 Å². The minimum atomic E-state index is -0.257. The average Bonchev–Trinajstić information content (AvgIpc) is 3.22. The maximum Gasteiger partial charge on any atom is 0.256 e. The highest BCUT2D eigenvalue weighted by Gasteiger charge is 2.34. The van der Waals surface area contributed by atoms with Crippen molar-refractivity contribution in [1.29, 1.82) is 0 Å². The number of hydrogen-bond donors (Lipinski definition) is 0. The lowest BCUT2D eigenvalue weighted by Crippen LogP contribution is -2.32. The zero-order chi connectivity index (χ0) is 15.0. The summed E-state index contributed by atoms with van der Waals surface area (Å²) in [5.41, 5.74) is 1.63. The van der Waals surface area contributed by atoms with Gasteiger partial charge in [0.25, 0.3) is 5.91 Å². The molecule has 0 unspecified atom stereocenters. The topological polar surface area (TPSA) is 20.3 Å². The highest BCUT2D eigenvalue weighted by molar-refractivity contribution is 9.12. The number of thiophene rings is 1. The zero-order valence-corrected chi connectivity index (χ0v) is 15.0. The van der Waals surface area contributed by atoms with Crippen LogP contribution in [0.1, 0.15) is 28.8 Å². The van der Waals surface area contributed by atoms with Crippen molar-refractivity contribution in [3.05, 3.63) is 54.8 Å². The Labute approximate surface area is 143 Å². The van der Waals surface area contributed by atoms with Gasteiger partial charge in [0.1, 0.15) is 5.82 Å². The third-order valence-electron chi connectivity index (χ3n) is 3.40. The quantitative estimate of drug-likeness (QED) is 0.648. The van der Waals surface area contributed by atoms with Crippen molar-refractivity contribution in [3.63, 3.8) is 0 Å². The fraction of sp³-hybridized carbons (Fsp3) is 0.267. The summed E-state index contributed by atoms with van der Waals surface area (Å²) in [5, 5.41) is 0. The monoisotopic (exact) mass is 431 g/mol. The number of benzene rings is 1. The Balaban J connectivity index is 1.83. The van der Waals surface area contributed by atoms with Gasteiger partial charge < -0.3 is 4.90 Å². The summed E-state index contributed by atoms with van der Waals surface area (Å²) in [6.07, 6.45) is 2.08. The molecule has 21 heavy (non-hydrogen) atoms. The highest BCUT2D eigenvalue weighted by Crippen LogP contribution is 2.36. The van der Waals surface area contributed by atoms with E-state index in [2.05, 4.69) is 31.9 Å². The molecule has 0 bridgehead atoms. The van der Waals surface area contributed by atoms with Crippen LogP contribution in [-0.2, 0) is 6.54 Å². The van der Waals surface area contributed by atoms with Crippen LogP contribution in [0.3, 0.4) is 0 Å². The van der Waals surface area contributed by atoms with Crippen molar-refractivity contribution in [1.82, 2.24) is 4.90 Å². The van der Waals surface area contributed by atoms with Crippen LogP contribution in [0.15, 0.2) is 37.9 Å². The van der Waals surface area contributed by atoms with Crippen molar-refractivity contribution in [2.75, 3.05) is 0 Å². The van der Waals surface area contributed by atoms with E-state index in [9.17, 15) is 9.18 Å². The first-order valence-electron chi connectivity index (χ1n) is 6.55. The maximum atomic E-state index is 13.0. The normalized spacial score (nSPS) is 14.2. The van der Waals surface area contributed by atoms with Gasteiger partial charge in [0.05, 0.1) is 13.1 Å². The molecule has 1 aliphatic rings. The first kappa shape index (κ1) is 15.2. The van der Waals surface area contributed by atoms with E-state index in [0.717, 1.165) is 26.0 Å². The van der Waals surface area contributed by atoms with Crippen LogP contribution in [0.2, 0.25) is 0 Å². The predicted molar refractivity (Wildman–Crippen MR) is 89.0 cm³/mol. The van der Waals surface area contributed by atoms with Crippen molar-refractivity contribution in [2.45, 2.75) is 25.4 Å². The Morgan fingerprint density at radius 2 is 1.95 bits per heavy atom. The number of nitrogens with zero attached hydrogens (tertiary/aromatic N) is 1. The standard InChI is InChI=1S/C15H12Br2FNOS/c16-13-7-12(14(17)21-13)15(20)19(11-5-6-11)8-9-1-3-10(18)4-2-9/h1-4,7,11H,5-6,8H2. The molecule has 0 saturated heterocycles. The Morgan fingerprint density at radius 1 is 1.29 bits per heavy atom. The van der Waals surface area contributed by atoms with Crippen LogP contribution in [0.25, 0.3) is 0 Å². The second kappa shape index (κ2) is 6.18. The molecule has 1 aromatic carbocycles. The van der Waals surface area contributed by atoms with Crippen molar-refractivity contribution < 1.29 is 9.18 Å². The van der Waals surface area contributed by atoms with Gasteiger partial charge in [0.2, 0.25) is 0 Å². The van der Waals surface area contributed by atoms with Gasteiger partial charge in [-0.05, 0) is 68.5 Å². The minimum absolute atomic E-state index is 0.0238. The molecular weight excluding hydrogens is 421 g/mol. The first-order chi connectivity index (χ1) is 10.0. The summed E-state index contributed by atoms with van der Waals surface area (Å²) in [6.45, 7) is 0.518. The number of halogens is 3. The molecule has 0 N–H and O–H groups in total. The summed E-state index contributed by atoms with van der Waals surface area (Å²) in [4.78, 5) is 14.6. The Kier molecular flexibility index (Phi) is 4.47. The number of carbonyl (C=O) groups is 1. The van der Waals surface area contributed by atoms with Crippen molar-refractivity contribution in [3.8, 4) is 0 Å². The van der Waals surface area contributed by atoms with Crippen LogP contribution in [0.4, 0.5) is 4.39 Å². The third-order valence-corrected chi connectivity index (χ3v) is 5.74. The predicted octanol–water partition coefficient (Wildman–Crippen LogP) is 5.22. The van der Waals surface area contributed by atoms with E-state index in [1.54, 1.807) is 12.1 Å². The number of amides is 1. The molecule has 2 aromatic rings. The first-order valence-corrected chi connectivity index (χ1v) is 8.95. The van der Waals surface area contributed by atoms with E-state index in [1.807, 2.05) is 11.0 Å². The van der Waals surface area contributed by atoms with Gasteiger partial charge in [-0.2, -0.15) is 0 Å². The number of carbonyl (C=O) groups excluding carboxylic acids is 1. The Hall–Kier alpha value is -0.720. The number of hydrogen-bond acceptors (Lipinski definition) is 2. The molecule has 2 nitrogen and oxygen atoms in total. The summed E-state index contributed by atoms with van der Waals surface area (Å²) in [5.74, 6) is -0.233. The summed E-state index contributed by atoms with van der Waals surface area (Å²) in [7, 11) is 0. The summed E-state index contributed by atoms with van der Waals surface area (Å²) >= 11 is 8.34. The Morgan fingerprint density at radius 3 is 2.48 bits per heavy atom. The second-order valence-electron chi connectivity index (χ2n) is 5.03. The van der Waals surface area contributed by atoms with Crippen LogP contribution in [0, 0.1) is 5.82 Å². The molecule has 0 radical (unpaired) electrons. The molecule has 0 atom stereocenters. The molecule has 0 aliphatic heterocycles. The smallest absolute Gasteiger partial charge is 0.256 e. The Bertz CT molecular complexity index is 667. The maximum absolute atomic E-state index is 13.0. The van der Waals surface area contributed by atoms with Crippen LogP contribution in [-0.4, -0.2) is 16.8 Å². The lowest BCUT2D eigenvalue weighted by atomic mass is 10.2. The van der Waals surface area contributed by atoms with Gasteiger partial charge in [-0.25, -0.2) is 4.39 Å². The van der Waals surface area contributed by atoms with Crippen molar-refractivity contribution >= 4 is 49.1 Å². The number of rotatable bonds is 4. The third kappa shape index (κ3) is 3.55. The summed E-state index contributed by atoms with van der Waals surface area (Å²) in [6, 6.07) is 8.47. The minimum Gasteiger partial charge on any atom is -0.331 e. The van der Waals surface area contributed by atoms with E-state index in [0.29, 0.717) is 18.2 Å². The molecule has 0 spiro atoms. The van der Waals surface area contributed by atoms with Gasteiger partial charge in [-0.15, -0.1) is 11.3 Å². The molecular formula is C15H12Br2FNOS. The van der Waals surface area contributed by atoms with Crippen molar-refractivity contribution in [2.24, 2.45) is 0 Å². The SMILES string of the molecule is O=C(c1cc(Br)sc1Br)N(Cc1ccc(F)cc1)C1CC1. The van der Waals surface area contributed by atoms with Crippen LogP contribution < -0.4 is 0 Å². The lowest BCUT2D eigenvalue weighted by Gasteiger charge is -2.22. The van der Waals surface area contributed by atoms with Crippen LogP contribution in [0.5, 0.6) is 0 Å². The van der Waals surface area contributed by atoms with Gasteiger partial charge >= 0.3 is 0 Å². The second-order valence-corrected chi connectivity index (χ2v) is 8.78. The van der Waals surface area contributed by atoms with Gasteiger partial charge in [-0.3, -0.25) is 4.79 Å². The van der Waals surface area contributed by atoms with Crippen LogP contribution >= 0.6 is 43.2 Å². The van der Waals surface area contributed by atoms with E-state index >= 15 is 0 Å². The fourth-order valence-electron chi connectivity index (χ4n) is 2.18. The van der Waals surface area contributed by atoms with E-state index < -0.39 is 0 Å². The molecule has 1 amide bonds. The molecule has 3 rings (SSSR count). The van der Waals surface area contributed by atoms with E-state index in [-0.39, 0.29) is 11.7 Å². The largest absolute Gasteiger partial charge is 0.331 e. The highest BCUT2D eigenvalue weighted by atomic mass is 79.9. The molecule has 1 aromatic heterocycles. The lowest BCUT2D eigenvalue weighted by molar-refractivity contribution is 0.0729. The van der Waals surface area contributed by atoms with Gasteiger partial charge in [0, 0.05) is 12.6 Å². The van der Waals surface area contributed by atoms with Gasteiger partial charge in [-0.1, -0.05) is 12.1 Å². The molecule has 110 valence electrons. The molecule has 1 fully saturated rings. The van der Waals surface area contributed by atoms with E-state index in [4.69, 9.17) is 0 Å². The average molecular weight is 433 g/mol. The molecule has 6 heteroatoms. The zero-order valence-electron chi connectivity index (χ0n) is 11.0.